The van der Waals surface area contributed by atoms with E-state index in [4.69, 9.17) is 16.3 Å². The van der Waals surface area contributed by atoms with E-state index in [1.54, 1.807) is 4.52 Å². The molecule has 1 aliphatic heterocycles. The molecule has 1 fully saturated rings. The van der Waals surface area contributed by atoms with Crippen LogP contribution in [0, 0.1) is 13.8 Å². The van der Waals surface area contributed by atoms with Crippen LogP contribution in [-0.4, -0.2) is 32.5 Å². The van der Waals surface area contributed by atoms with Gasteiger partial charge in [-0.05, 0) is 32.8 Å². The molecule has 2 aromatic heterocycles. The van der Waals surface area contributed by atoms with Crippen LogP contribution < -0.4 is 0 Å². The quantitative estimate of drug-likeness (QED) is 0.795. The minimum Gasteiger partial charge on any atom is -0.378 e. The Kier molecular flexibility index (Phi) is 2.75. The highest BCUT2D eigenvalue weighted by molar-refractivity contribution is 6.30. The number of rotatable bonds is 1. The molecule has 0 bridgehead atoms. The van der Waals surface area contributed by atoms with Crippen molar-refractivity contribution in [1.82, 2.24) is 19.8 Å². The summed E-state index contributed by atoms with van der Waals surface area (Å²) in [5, 5.41) is 13.4. The van der Waals surface area contributed by atoms with Gasteiger partial charge in [0, 0.05) is 11.5 Å². The second-order valence-corrected chi connectivity index (χ2v) is 5.27. The van der Waals surface area contributed by atoms with Crippen molar-refractivity contribution >= 4 is 17.2 Å². The smallest absolute Gasteiger partial charge is 0.181 e. The maximum Gasteiger partial charge on any atom is 0.181 e. The predicted octanol–water partition coefficient (Wildman–Crippen LogP) is 2.29. The molecule has 18 heavy (non-hydrogen) atoms. The van der Waals surface area contributed by atoms with Gasteiger partial charge in [-0.15, -0.1) is 10.2 Å². The molecule has 3 rings (SSSR count). The third kappa shape index (κ3) is 1.69. The topological polar surface area (TPSA) is 52.3 Å². The van der Waals surface area contributed by atoms with Crippen molar-refractivity contribution < 1.29 is 4.74 Å². The van der Waals surface area contributed by atoms with Crippen molar-refractivity contribution in [3.05, 3.63) is 22.1 Å². The van der Waals surface area contributed by atoms with E-state index in [2.05, 4.69) is 22.2 Å². The predicted molar refractivity (Wildman–Crippen MR) is 68.0 cm³/mol. The summed E-state index contributed by atoms with van der Waals surface area (Å²) in [6.07, 6.45) is 1.22. The molecule has 0 amide bonds. The Balaban J connectivity index is 2.15. The molecule has 5 nitrogen and oxygen atoms in total. The summed E-state index contributed by atoms with van der Waals surface area (Å²) >= 11 is 6.14. The highest BCUT2D eigenvalue weighted by Gasteiger charge is 2.28. The Bertz CT molecular complexity index is 610. The van der Waals surface area contributed by atoms with Gasteiger partial charge in [0.2, 0.25) is 0 Å². The average Bonchev–Trinajstić information content (AvgIpc) is 2.92. The number of hydrogen-bond acceptors (Lipinski definition) is 4. The molecule has 1 aliphatic rings. The van der Waals surface area contributed by atoms with Crippen LogP contribution in [0.25, 0.3) is 5.65 Å². The lowest BCUT2D eigenvalue weighted by Crippen LogP contribution is -2.08. The molecule has 0 saturated carbocycles. The highest BCUT2D eigenvalue weighted by atomic mass is 35.5. The first-order valence-corrected chi connectivity index (χ1v) is 6.45. The third-order valence-electron chi connectivity index (χ3n) is 3.62. The third-order valence-corrected chi connectivity index (χ3v) is 3.98. The zero-order valence-electron chi connectivity index (χ0n) is 10.6. The first kappa shape index (κ1) is 11.9. The molecule has 1 saturated heterocycles. The van der Waals surface area contributed by atoms with E-state index >= 15 is 0 Å². The standard InChI is InChI=1S/C12H15ClN4O/c1-6-4-9(5-18-6)12-15-14-11-8(3)7(2)10(13)16-17(11)12/h6,9H,4-5H2,1-3H3. The van der Waals surface area contributed by atoms with Crippen LogP contribution in [0.15, 0.2) is 0 Å². The summed E-state index contributed by atoms with van der Waals surface area (Å²) in [5.74, 6) is 1.10. The van der Waals surface area contributed by atoms with Crippen molar-refractivity contribution in [1.29, 1.82) is 0 Å². The van der Waals surface area contributed by atoms with Crippen molar-refractivity contribution in [2.45, 2.75) is 39.2 Å². The Morgan fingerprint density at radius 1 is 1.28 bits per heavy atom. The van der Waals surface area contributed by atoms with E-state index in [0.717, 1.165) is 29.0 Å². The molecule has 0 aliphatic carbocycles. The molecule has 2 aromatic rings. The van der Waals surface area contributed by atoms with Crippen molar-refractivity contribution in [3.8, 4) is 0 Å². The van der Waals surface area contributed by atoms with Gasteiger partial charge in [-0.2, -0.15) is 9.61 Å². The van der Waals surface area contributed by atoms with Gasteiger partial charge in [0.05, 0.1) is 12.7 Å². The van der Waals surface area contributed by atoms with E-state index in [1.807, 2.05) is 13.8 Å². The van der Waals surface area contributed by atoms with Crippen molar-refractivity contribution in [2.24, 2.45) is 0 Å². The minimum absolute atomic E-state index is 0.251. The lowest BCUT2D eigenvalue weighted by Gasteiger charge is -2.07. The minimum atomic E-state index is 0.251. The molecule has 2 atom stereocenters. The summed E-state index contributed by atoms with van der Waals surface area (Å²) < 4.78 is 7.34. The second-order valence-electron chi connectivity index (χ2n) is 4.91. The van der Waals surface area contributed by atoms with E-state index in [-0.39, 0.29) is 12.0 Å². The summed E-state index contributed by atoms with van der Waals surface area (Å²) in [6, 6.07) is 0. The molecule has 0 spiro atoms. The van der Waals surface area contributed by atoms with Crippen molar-refractivity contribution in [2.75, 3.05) is 6.61 Å². The molecule has 3 heterocycles. The van der Waals surface area contributed by atoms with Gasteiger partial charge < -0.3 is 4.74 Å². The molecule has 0 N–H and O–H groups in total. The number of aromatic nitrogens is 4. The van der Waals surface area contributed by atoms with E-state index in [0.29, 0.717) is 11.8 Å². The molecule has 96 valence electrons. The summed E-state index contributed by atoms with van der Waals surface area (Å²) in [7, 11) is 0. The van der Waals surface area contributed by atoms with Gasteiger partial charge in [0.15, 0.2) is 16.6 Å². The van der Waals surface area contributed by atoms with Crippen LogP contribution in [0.4, 0.5) is 0 Å². The summed E-state index contributed by atoms with van der Waals surface area (Å²) in [4.78, 5) is 0. The van der Waals surface area contributed by atoms with Gasteiger partial charge in [0.25, 0.3) is 0 Å². The Hall–Kier alpha value is -1.20. The fourth-order valence-electron chi connectivity index (χ4n) is 2.36. The van der Waals surface area contributed by atoms with Gasteiger partial charge in [-0.3, -0.25) is 0 Å². The lowest BCUT2D eigenvalue weighted by molar-refractivity contribution is 0.123. The molecule has 0 radical (unpaired) electrons. The zero-order valence-corrected chi connectivity index (χ0v) is 11.4. The van der Waals surface area contributed by atoms with Crippen LogP contribution >= 0.6 is 11.6 Å². The Morgan fingerprint density at radius 3 is 2.72 bits per heavy atom. The molecule has 2 unspecified atom stereocenters. The average molecular weight is 267 g/mol. The van der Waals surface area contributed by atoms with Gasteiger partial charge in [-0.25, -0.2) is 0 Å². The first-order chi connectivity index (χ1) is 8.58. The van der Waals surface area contributed by atoms with E-state index < -0.39 is 0 Å². The Labute approximate surface area is 110 Å². The molecular formula is C12H15ClN4O. The summed E-state index contributed by atoms with van der Waals surface area (Å²) in [5.41, 5.74) is 2.77. The van der Waals surface area contributed by atoms with Crippen LogP contribution in [0.3, 0.4) is 0 Å². The SMILES string of the molecule is Cc1c(Cl)nn2c(C3COC(C)C3)nnc2c1C. The maximum atomic E-state index is 6.14. The van der Waals surface area contributed by atoms with Crippen LogP contribution in [0.5, 0.6) is 0 Å². The number of halogens is 1. The number of fused-ring (bicyclic) bond motifs is 1. The largest absolute Gasteiger partial charge is 0.378 e. The van der Waals surface area contributed by atoms with Crippen molar-refractivity contribution in [3.63, 3.8) is 0 Å². The van der Waals surface area contributed by atoms with Crippen LogP contribution in [0.2, 0.25) is 5.15 Å². The fraction of sp³-hybridized carbons (Fsp3) is 0.583. The number of hydrogen-bond donors (Lipinski definition) is 0. The second kappa shape index (κ2) is 4.17. The molecule has 0 aromatic carbocycles. The molecular weight excluding hydrogens is 252 g/mol. The monoisotopic (exact) mass is 266 g/mol. The van der Waals surface area contributed by atoms with E-state index in [9.17, 15) is 0 Å². The zero-order chi connectivity index (χ0) is 12.9. The van der Waals surface area contributed by atoms with Gasteiger partial charge in [-0.1, -0.05) is 11.6 Å². The lowest BCUT2D eigenvalue weighted by atomic mass is 10.1. The maximum absolute atomic E-state index is 6.14. The van der Waals surface area contributed by atoms with Gasteiger partial charge in [0.1, 0.15) is 0 Å². The number of aryl methyl sites for hydroxylation is 1. The number of nitrogens with zero attached hydrogens (tertiary/aromatic N) is 4. The van der Waals surface area contributed by atoms with Crippen LogP contribution in [0.1, 0.15) is 36.2 Å². The number of ether oxygens (including phenoxy) is 1. The Morgan fingerprint density at radius 2 is 2.06 bits per heavy atom. The summed E-state index contributed by atoms with van der Waals surface area (Å²) in [6.45, 7) is 6.68. The normalized spacial score (nSPS) is 24.0. The molecule has 6 heteroatoms. The van der Waals surface area contributed by atoms with Gasteiger partial charge >= 0.3 is 0 Å². The van der Waals surface area contributed by atoms with E-state index in [1.165, 1.54) is 0 Å². The fourth-order valence-corrected chi connectivity index (χ4v) is 2.58. The van der Waals surface area contributed by atoms with Crippen LogP contribution in [-0.2, 0) is 4.74 Å². The highest BCUT2D eigenvalue weighted by Crippen LogP contribution is 2.29. The first-order valence-electron chi connectivity index (χ1n) is 6.07.